The first-order chi connectivity index (χ1) is 8.88. The zero-order chi connectivity index (χ0) is 13.1. The Kier molecular flexibility index (Phi) is 10.1. The normalized spacial score (nSPS) is 24.3. The monoisotopic (exact) mass is 274 g/mol. The minimum Gasteiger partial charge on any atom is -0.381 e. The van der Waals surface area contributed by atoms with Crippen LogP contribution in [0.25, 0.3) is 0 Å². The Morgan fingerprint density at radius 3 is 2.39 bits per heavy atom. The molecule has 1 aliphatic rings. The first kappa shape index (κ1) is 16.3. The molecule has 2 unspecified atom stereocenters. The fourth-order valence-corrected chi connectivity index (χ4v) is 3.41. The van der Waals surface area contributed by atoms with Gasteiger partial charge in [-0.3, -0.25) is 0 Å². The number of hydrogen-bond acceptors (Lipinski definition) is 1. The standard InChI is InChI=1S/C16H31ClO/c1-2-3-12-18-13-8-4-5-9-15-10-6-7-11-16(15)14-17/h15-16H,2-14H2,1H3. The van der Waals surface area contributed by atoms with E-state index in [1.807, 2.05) is 0 Å². The van der Waals surface area contributed by atoms with Crippen LogP contribution in [0, 0.1) is 11.8 Å². The second kappa shape index (κ2) is 11.1. The Hall–Kier alpha value is 0.250. The summed E-state index contributed by atoms with van der Waals surface area (Å²) in [5.41, 5.74) is 0. The van der Waals surface area contributed by atoms with Gasteiger partial charge < -0.3 is 4.74 Å². The molecule has 2 atom stereocenters. The van der Waals surface area contributed by atoms with E-state index < -0.39 is 0 Å². The summed E-state index contributed by atoms with van der Waals surface area (Å²) in [4.78, 5) is 0. The zero-order valence-corrected chi connectivity index (χ0v) is 12.9. The molecular formula is C16H31ClO. The lowest BCUT2D eigenvalue weighted by atomic mass is 9.77. The van der Waals surface area contributed by atoms with Gasteiger partial charge >= 0.3 is 0 Å². The topological polar surface area (TPSA) is 9.23 Å². The van der Waals surface area contributed by atoms with Crippen molar-refractivity contribution in [3.05, 3.63) is 0 Å². The predicted octanol–water partition coefficient (Wildman–Crippen LogP) is 5.41. The maximum atomic E-state index is 6.07. The Morgan fingerprint density at radius 1 is 0.944 bits per heavy atom. The third-order valence-electron chi connectivity index (χ3n) is 4.27. The summed E-state index contributed by atoms with van der Waals surface area (Å²) in [7, 11) is 0. The van der Waals surface area contributed by atoms with Gasteiger partial charge in [-0.15, -0.1) is 11.6 Å². The molecular weight excluding hydrogens is 244 g/mol. The summed E-state index contributed by atoms with van der Waals surface area (Å²) < 4.78 is 5.59. The number of unbranched alkanes of at least 4 members (excludes halogenated alkanes) is 3. The number of ether oxygens (including phenoxy) is 1. The lowest BCUT2D eigenvalue weighted by Gasteiger charge is -2.30. The molecule has 1 rings (SSSR count). The summed E-state index contributed by atoms with van der Waals surface area (Å²) >= 11 is 6.07. The highest BCUT2D eigenvalue weighted by Gasteiger charge is 2.23. The number of halogens is 1. The molecule has 0 amide bonds. The van der Waals surface area contributed by atoms with Crippen molar-refractivity contribution in [1.29, 1.82) is 0 Å². The van der Waals surface area contributed by atoms with Crippen LogP contribution in [0.3, 0.4) is 0 Å². The average Bonchev–Trinajstić information content (AvgIpc) is 2.42. The fraction of sp³-hybridized carbons (Fsp3) is 1.00. The Bertz CT molecular complexity index is 184. The average molecular weight is 275 g/mol. The largest absolute Gasteiger partial charge is 0.381 e. The maximum Gasteiger partial charge on any atom is 0.0466 e. The molecule has 1 aliphatic carbocycles. The van der Waals surface area contributed by atoms with E-state index in [2.05, 4.69) is 6.92 Å². The molecule has 0 spiro atoms. The van der Waals surface area contributed by atoms with Gasteiger partial charge in [0.05, 0.1) is 0 Å². The fourth-order valence-electron chi connectivity index (χ4n) is 3.00. The van der Waals surface area contributed by atoms with Gasteiger partial charge in [0.15, 0.2) is 0 Å². The highest BCUT2D eigenvalue weighted by molar-refractivity contribution is 6.18. The lowest BCUT2D eigenvalue weighted by Crippen LogP contribution is -2.20. The molecule has 0 aromatic rings. The molecule has 1 fully saturated rings. The van der Waals surface area contributed by atoms with Crippen molar-refractivity contribution in [1.82, 2.24) is 0 Å². The van der Waals surface area contributed by atoms with Crippen LogP contribution in [-0.4, -0.2) is 19.1 Å². The van der Waals surface area contributed by atoms with Crippen LogP contribution >= 0.6 is 11.6 Å². The van der Waals surface area contributed by atoms with Crippen LogP contribution in [-0.2, 0) is 4.74 Å². The van der Waals surface area contributed by atoms with E-state index in [9.17, 15) is 0 Å². The van der Waals surface area contributed by atoms with Crippen molar-refractivity contribution in [3.8, 4) is 0 Å². The van der Waals surface area contributed by atoms with Crippen molar-refractivity contribution in [3.63, 3.8) is 0 Å². The smallest absolute Gasteiger partial charge is 0.0466 e. The van der Waals surface area contributed by atoms with Crippen LogP contribution in [0.2, 0.25) is 0 Å². The predicted molar refractivity (Wildman–Crippen MR) is 80.4 cm³/mol. The molecule has 0 heterocycles. The molecule has 108 valence electrons. The lowest BCUT2D eigenvalue weighted by molar-refractivity contribution is 0.126. The van der Waals surface area contributed by atoms with Gasteiger partial charge in [0.2, 0.25) is 0 Å². The van der Waals surface area contributed by atoms with E-state index >= 15 is 0 Å². The van der Waals surface area contributed by atoms with E-state index in [0.29, 0.717) is 0 Å². The Morgan fingerprint density at radius 2 is 1.67 bits per heavy atom. The quantitative estimate of drug-likeness (QED) is 0.382. The van der Waals surface area contributed by atoms with Crippen molar-refractivity contribution in [2.24, 2.45) is 11.8 Å². The van der Waals surface area contributed by atoms with Gasteiger partial charge in [0.1, 0.15) is 0 Å². The Balaban J connectivity index is 1.93. The molecule has 2 heteroatoms. The van der Waals surface area contributed by atoms with E-state index in [1.54, 1.807) is 0 Å². The van der Waals surface area contributed by atoms with Crippen LogP contribution in [0.5, 0.6) is 0 Å². The third-order valence-corrected chi connectivity index (χ3v) is 4.67. The summed E-state index contributed by atoms with van der Waals surface area (Å²) in [6.45, 7) is 4.12. The molecule has 0 aliphatic heterocycles. The third kappa shape index (κ3) is 6.99. The van der Waals surface area contributed by atoms with E-state index in [4.69, 9.17) is 16.3 Å². The molecule has 0 radical (unpaired) electrons. The maximum absolute atomic E-state index is 6.07. The number of alkyl halides is 1. The number of hydrogen-bond donors (Lipinski definition) is 0. The van der Waals surface area contributed by atoms with Gasteiger partial charge in [-0.25, -0.2) is 0 Å². The van der Waals surface area contributed by atoms with Crippen molar-refractivity contribution in [2.45, 2.75) is 71.1 Å². The molecule has 0 bridgehead atoms. The van der Waals surface area contributed by atoms with Crippen LogP contribution < -0.4 is 0 Å². The van der Waals surface area contributed by atoms with Crippen LogP contribution in [0.1, 0.15) is 71.1 Å². The molecule has 1 nitrogen and oxygen atoms in total. The number of rotatable bonds is 10. The molecule has 0 aromatic carbocycles. The van der Waals surface area contributed by atoms with E-state index in [1.165, 1.54) is 64.2 Å². The molecule has 1 saturated carbocycles. The Labute approximate surface area is 119 Å². The summed E-state index contributed by atoms with van der Waals surface area (Å²) in [5, 5.41) is 0. The highest BCUT2D eigenvalue weighted by atomic mass is 35.5. The van der Waals surface area contributed by atoms with E-state index in [-0.39, 0.29) is 0 Å². The molecule has 0 N–H and O–H groups in total. The molecule has 18 heavy (non-hydrogen) atoms. The van der Waals surface area contributed by atoms with Crippen molar-refractivity contribution in [2.75, 3.05) is 19.1 Å². The van der Waals surface area contributed by atoms with Gasteiger partial charge in [-0.1, -0.05) is 51.9 Å². The van der Waals surface area contributed by atoms with Gasteiger partial charge in [-0.2, -0.15) is 0 Å². The van der Waals surface area contributed by atoms with Gasteiger partial charge in [-0.05, 0) is 31.1 Å². The van der Waals surface area contributed by atoms with Crippen molar-refractivity contribution < 1.29 is 4.74 Å². The molecule has 0 aromatic heterocycles. The second-order valence-corrected chi connectivity index (χ2v) is 6.08. The SMILES string of the molecule is CCCCOCCCCCC1CCCCC1CCl. The van der Waals surface area contributed by atoms with Gasteiger partial charge in [0.25, 0.3) is 0 Å². The van der Waals surface area contributed by atoms with Gasteiger partial charge in [0, 0.05) is 19.1 Å². The minimum atomic E-state index is 0.807. The molecule has 0 saturated heterocycles. The van der Waals surface area contributed by atoms with E-state index in [0.717, 1.165) is 30.9 Å². The first-order valence-corrected chi connectivity index (χ1v) is 8.55. The minimum absolute atomic E-state index is 0.807. The second-order valence-electron chi connectivity index (χ2n) is 5.77. The zero-order valence-electron chi connectivity index (χ0n) is 12.1. The van der Waals surface area contributed by atoms with Crippen molar-refractivity contribution >= 4 is 11.6 Å². The summed E-state index contributed by atoms with van der Waals surface area (Å²) in [6, 6.07) is 0. The summed E-state index contributed by atoms with van der Waals surface area (Å²) in [6.07, 6.45) is 13.4. The highest BCUT2D eigenvalue weighted by Crippen LogP contribution is 2.34. The van der Waals surface area contributed by atoms with Crippen LogP contribution in [0.4, 0.5) is 0 Å². The first-order valence-electron chi connectivity index (χ1n) is 8.02. The summed E-state index contributed by atoms with van der Waals surface area (Å²) in [5.74, 6) is 2.60. The van der Waals surface area contributed by atoms with Crippen LogP contribution in [0.15, 0.2) is 0 Å².